The van der Waals surface area contributed by atoms with Crippen molar-refractivity contribution in [3.63, 3.8) is 0 Å². The Labute approximate surface area is 135 Å². The monoisotopic (exact) mass is 317 g/mol. The van der Waals surface area contributed by atoms with Crippen molar-refractivity contribution in [2.24, 2.45) is 11.8 Å². The van der Waals surface area contributed by atoms with Gasteiger partial charge in [-0.15, -0.1) is 0 Å². The average Bonchev–Trinajstić information content (AvgIpc) is 3.16. The molecule has 0 saturated carbocycles. The number of benzene rings is 1. The lowest BCUT2D eigenvalue weighted by Crippen LogP contribution is -2.29. The van der Waals surface area contributed by atoms with E-state index in [9.17, 15) is 4.79 Å². The van der Waals surface area contributed by atoms with E-state index in [1.807, 2.05) is 29.2 Å². The third-order valence-corrected chi connectivity index (χ3v) is 4.59. The first-order chi connectivity index (χ1) is 10.5. The van der Waals surface area contributed by atoms with Crippen LogP contribution in [0.5, 0.6) is 0 Å². The Morgan fingerprint density at radius 2 is 2.23 bits per heavy atom. The lowest BCUT2D eigenvalue weighted by molar-refractivity contribution is 0.0784. The molecule has 1 aliphatic heterocycles. The highest BCUT2D eigenvalue weighted by molar-refractivity contribution is 6.30. The topological polar surface area (TPSA) is 38.1 Å². The van der Waals surface area contributed by atoms with Gasteiger partial charge in [-0.05, 0) is 36.5 Å². The van der Waals surface area contributed by atoms with Gasteiger partial charge < -0.3 is 4.90 Å². The van der Waals surface area contributed by atoms with E-state index < -0.39 is 0 Å². The van der Waals surface area contributed by atoms with Crippen LogP contribution in [0.3, 0.4) is 0 Å². The summed E-state index contributed by atoms with van der Waals surface area (Å²) in [5.41, 5.74) is 1.48. The Morgan fingerprint density at radius 3 is 2.91 bits per heavy atom. The van der Waals surface area contributed by atoms with Crippen LogP contribution in [0.1, 0.15) is 30.6 Å². The molecular formula is C17H20ClN3O. The number of carbonyl (C=O) groups excluding carboxylic acids is 1. The highest BCUT2D eigenvalue weighted by atomic mass is 35.5. The predicted molar refractivity (Wildman–Crippen MR) is 87.4 cm³/mol. The average molecular weight is 318 g/mol. The molecular weight excluding hydrogens is 298 g/mol. The smallest absolute Gasteiger partial charge is 0.257 e. The second kappa shape index (κ2) is 6.13. The van der Waals surface area contributed by atoms with Gasteiger partial charge in [0.15, 0.2) is 0 Å². The summed E-state index contributed by atoms with van der Waals surface area (Å²) >= 11 is 6.00. The Kier molecular flexibility index (Phi) is 4.21. The van der Waals surface area contributed by atoms with Crippen LogP contribution < -0.4 is 0 Å². The van der Waals surface area contributed by atoms with Gasteiger partial charge in [-0.25, -0.2) is 4.68 Å². The molecule has 0 N–H and O–H groups in total. The van der Waals surface area contributed by atoms with Crippen LogP contribution in [0, 0.1) is 11.8 Å². The quantitative estimate of drug-likeness (QED) is 0.866. The third kappa shape index (κ3) is 3.02. The fraction of sp³-hybridized carbons (Fsp3) is 0.412. The summed E-state index contributed by atoms with van der Waals surface area (Å²) < 4.78 is 1.69. The maximum atomic E-state index is 12.6. The Hall–Kier alpha value is -1.81. The normalized spacial score (nSPS) is 18.2. The summed E-state index contributed by atoms with van der Waals surface area (Å²) in [6.45, 7) is 6.12. The molecule has 1 aromatic heterocycles. The third-order valence-electron chi connectivity index (χ3n) is 4.36. The molecule has 0 unspecified atom stereocenters. The van der Waals surface area contributed by atoms with Gasteiger partial charge >= 0.3 is 0 Å². The molecule has 0 radical (unpaired) electrons. The van der Waals surface area contributed by atoms with Gasteiger partial charge in [0, 0.05) is 24.3 Å². The van der Waals surface area contributed by atoms with E-state index in [4.69, 9.17) is 11.6 Å². The minimum absolute atomic E-state index is 0.0661. The zero-order valence-electron chi connectivity index (χ0n) is 12.9. The van der Waals surface area contributed by atoms with Crippen molar-refractivity contribution < 1.29 is 4.79 Å². The molecule has 116 valence electrons. The molecule has 1 aromatic carbocycles. The van der Waals surface area contributed by atoms with Crippen molar-refractivity contribution in [2.75, 3.05) is 13.1 Å². The molecule has 5 heteroatoms. The van der Waals surface area contributed by atoms with Crippen molar-refractivity contribution in [1.82, 2.24) is 14.7 Å². The van der Waals surface area contributed by atoms with Crippen molar-refractivity contribution in [1.29, 1.82) is 0 Å². The molecule has 2 heterocycles. The molecule has 0 aliphatic carbocycles. The second-order valence-electron chi connectivity index (χ2n) is 6.20. The molecule has 22 heavy (non-hydrogen) atoms. The molecule has 2 aromatic rings. The number of rotatable bonds is 3. The van der Waals surface area contributed by atoms with Crippen LogP contribution in [0.2, 0.25) is 5.02 Å². The van der Waals surface area contributed by atoms with E-state index in [-0.39, 0.29) is 5.91 Å². The number of amides is 1. The number of carbonyl (C=O) groups is 1. The zero-order valence-corrected chi connectivity index (χ0v) is 13.6. The number of hydrogen-bond donors (Lipinski definition) is 0. The van der Waals surface area contributed by atoms with Gasteiger partial charge in [0.05, 0.1) is 17.4 Å². The van der Waals surface area contributed by atoms with E-state index in [0.717, 1.165) is 25.2 Å². The van der Waals surface area contributed by atoms with Crippen LogP contribution in [-0.2, 0) is 0 Å². The zero-order chi connectivity index (χ0) is 15.7. The van der Waals surface area contributed by atoms with Gasteiger partial charge in [0.2, 0.25) is 0 Å². The molecule has 0 spiro atoms. The largest absolute Gasteiger partial charge is 0.338 e. The minimum atomic E-state index is 0.0661. The SMILES string of the molecule is CC(C)[C@H]1CCN(C(=O)c2cnn(-c3cccc(Cl)c3)c2)C1. The summed E-state index contributed by atoms with van der Waals surface area (Å²) in [5, 5.41) is 4.94. The van der Waals surface area contributed by atoms with Gasteiger partial charge in [-0.2, -0.15) is 5.10 Å². The maximum absolute atomic E-state index is 12.6. The lowest BCUT2D eigenvalue weighted by atomic mass is 9.95. The molecule has 1 aliphatic rings. The Bertz CT molecular complexity index is 680. The molecule has 3 rings (SSSR count). The van der Waals surface area contributed by atoms with E-state index in [2.05, 4.69) is 18.9 Å². The van der Waals surface area contributed by atoms with E-state index in [0.29, 0.717) is 22.4 Å². The van der Waals surface area contributed by atoms with E-state index >= 15 is 0 Å². The maximum Gasteiger partial charge on any atom is 0.257 e. The summed E-state index contributed by atoms with van der Waals surface area (Å²) in [6, 6.07) is 7.43. The summed E-state index contributed by atoms with van der Waals surface area (Å²) in [4.78, 5) is 14.5. The van der Waals surface area contributed by atoms with Gasteiger partial charge in [0.1, 0.15) is 0 Å². The fourth-order valence-corrected chi connectivity index (χ4v) is 3.08. The molecule has 1 atom stereocenters. The van der Waals surface area contributed by atoms with Crippen LogP contribution >= 0.6 is 11.6 Å². The summed E-state index contributed by atoms with van der Waals surface area (Å²) in [6.07, 6.45) is 4.49. The molecule has 1 amide bonds. The molecule has 4 nitrogen and oxygen atoms in total. The van der Waals surface area contributed by atoms with Gasteiger partial charge in [-0.3, -0.25) is 4.79 Å². The van der Waals surface area contributed by atoms with Crippen molar-refractivity contribution in [3.05, 3.63) is 47.2 Å². The van der Waals surface area contributed by atoms with Crippen LogP contribution in [-0.4, -0.2) is 33.7 Å². The first-order valence-electron chi connectivity index (χ1n) is 7.64. The second-order valence-corrected chi connectivity index (χ2v) is 6.63. The predicted octanol–water partition coefficient (Wildman–Crippen LogP) is 3.64. The van der Waals surface area contributed by atoms with Gasteiger partial charge in [0.25, 0.3) is 5.91 Å². The first-order valence-corrected chi connectivity index (χ1v) is 8.02. The Morgan fingerprint density at radius 1 is 1.41 bits per heavy atom. The number of aromatic nitrogens is 2. The van der Waals surface area contributed by atoms with Crippen molar-refractivity contribution >= 4 is 17.5 Å². The van der Waals surface area contributed by atoms with Crippen molar-refractivity contribution in [3.8, 4) is 5.69 Å². The number of hydrogen-bond acceptors (Lipinski definition) is 2. The summed E-state index contributed by atoms with van der Waals surface area (Å²) in [7, 11) is 0. The number of halogens is 1. The summed E-state index contributed by atoms with van der Waals surface area (Å²) in [5.74, 6) is 1.29. The standard InChI is InChI=1S/C17H20ClN3O/c1-12(2)13-6-7-20(10-13)17(22)14-9-19-21(11-14)16-5-3-4-15(18)8-16/h3-5,8-9,11-13H,6-7,10H2,1-2H3/t13-/m0/s1. The number of nitrogens with zero attached hydrogens (tertiary/aromatic N) is 3. The van der Waals surface area contributed by atoms with Crippen LogP contribution in [0.15, 0.2) is 36.7 Å². The first kappa shape index (κ1) is 15.1. The van der Waals surface area contributed by atoms with Crippen LogP contribution in [0.25, 0.3) is 5.69 Å². The van der Waals surface area contributed by atoms with Crippen LogP contribution in [0.4, 0.5) is 0 Å². The molecule has 1 saturated heterocycles. The van der Waals surface area contributed by atoms with Crippen molar-refractivity contribution in [2.45, 2.75) is 20.3 Å². The highest BCUT2D eigenvalue weighted by Gasteiger charge is 2.29. The lowest BCUT2D eigenvalue weighted by Gasteiger charge is -2.17. The molecule has 1 fully saturated rings. The Balaban J connectivity index is 1.75. The highest BCUT2D eigenvalue weighted by Crippen LogP contribution is 2.25. The number of likely N-dealkylation sites (tertiary alicyclic amines) is 1. The fourth-order valence-electron chi connectivity index (χ4n) is 2.89. The van der Waals surface area contributed by atoms with E-state index in [1.54, 1.807) is 17.1 Å². The van der Waals surface area contributed by atoms with E-state index in [1.165, 1.54) is 0 Å². The van der Waals surface area contributed by atoms with Gasteiger partial charge in [-0.1, -0.05) is 31.5 Å². The molecule has 0 bridgehead atoms. The minimum Gasteiger partial charge on any atom is -0.338 e.